The van der Waals surface area contributed by atoms with Crippen molar-refractivity contribution in [2.45, 2.75) is 18.8 Å². The van der Waals surface area contributed by atoms with Crippen LogP contribution in [0.15, 0.2) is 30.3 Å². The number of carbonyl (C=O) groups is 1. The average molecular weight is 160 g/mol. The predicted molar refractivity (Wildman–Crippen MR) is 48.0 cm³/mol. The minimum absolute atomic E-state index is 0.285. The fraction of sp³-hybridized carbons (Fsp3) is 0.364. The minimum atomic E-state index is 0.285. The van der Waals surface area contributed by atoms with Gasteiger partial charge in [0.05, 0.1) is 0 Å². The fourth-order valence-corrected chi connectivity index (χ4v) is 1.80. The summed E-state index contributed by atoms with van der Waals surface area (Å²) in [6, 6.07) is 10.3. The molecule has 1 aromatic rings. The summed E-state index contributed by atoms with van der Waals surface area (Å²) in [6.07, 6.45) is 3.34. The van der Waals surface area contributed by atoms with E-state index < -0.39 is 0 Å². The number of aldehydes is 1. The first-order valence-electron chi connectivity index (χ1n) is 4.42. The number of benzene rings is 1. The van der Waals surface area contributed by atoms with E-state index in [1.807, 2.05) is 18.2 Å². The minimum Gasteiger partial charge on any atom is -0.303 e. The van der Waals surface area contributed by atoms with Crippen LogP contribution in [-0.2, 0) is 4.79 Å². The zero-order valence-corrected chi connectivity index (χ0v) is 6.94. The lowest BCUT2D eigenvalue weighted by Gasteiger charge is -2.32. The second-order valence-corrected chi connectivity index (χ2v) is 3.39. The highest BCUT2D eigenvalue weighted by Crippen LogP contribution is 2.40. The summed E-state index contributed by atoms with van der Waals surface area (Å²) in [5, 5.41) is 0. The van der Waals surface area contributed by atoms with E-state index in [2.05, 4.69) is 12.1 Å². The first kappa shape index (κ1) is 7.53. The number of carbonyl (C=O) groups excluding carboxylic acids is 1. The normalized spacial score (nSPS) is 27.7. The van der Waals surface area contributed by atoms with Crippen LogP contribution in [0.1, 0.15) is 24.3 Å². The maximum absolute atomic E-state index is 10.6. The van der Waals surface area contributed by atoms with Crippen molar-refractivity contribution >= 4 is 6.29 Å². The van der Waals surface area contributed by atoms with Gasteiger partial charge in [0.15, 0.2) is 0 Å². The molecular weight excluding hydrogens is 148 g/mol. The molecule has 0 aliphatic heterocycles. The second-order valence-electron chi connectivity index (χ2n) is 3.39. The van der Waals surface area contributed by atoms with Crippen molar-refractivity contribution in [1.29, 1.82) is 0 Å². The Morgan fingerprint density at radius 2 is 1.92 bits per heavy atom. The lowest BCUT2D eigenvalue weighted by molar-refractivity contribution is -0.113. The molecule has 2 atom stereocenters. The van der Waals surface area contributed by atoms with Gasteiger partial charge >= 0.3 is 0 Å². The van der Waals surface area contributed by atoms with Gasteiger partial charge in [-0.3, -0.25) is 0 Å². The Hall–Kier alpha value is -1.11. The molecule has 1 nitrogen and oxygen atoms in total. The fourth-order valence-electron chi connectivity index (χ4n) is 1.80. The zero-order valence-electron chi connectivity index (χ0n) is 6.94. The van der Waals surface area contributed by atoms with Crippen molar-refractivity contribution in [3.05, 3.63) is 35.9 Å². The van der Waals surface area contributed by atoms with E-state index in [1.165, 1.54) is 12.0 Å². The number of hydrogen-bond acceptors (Lipinski definition) is 1. The summed E-state index contributed by atoms with van der Waals surface area (Å²) in [4.78, 5) is 10.6. The van der Waals surface area contributed by atoms with Gasteiger partial charge in [0.25, 0.3) is 0 Å². The molecule has 1 heteroatoms. The molecule has 0 spiro atoms. The van der Waals surface area contributed by atoms with E-state index >= 15 is 0 Å². The van der Waals surface area contributed by atoms with Gasteiger partial charge in [-0.1, -0.05) is 30.3 Å². The summed E-state index contributed by atoms with van der Waals surface area (Å²) < 4.78 is 0. The van der Waals surface area contributed by atoms with E-state index in [0.717, 1.165) is 12.7 Å². The van der Waals surface area contributed by atoms with Gasteiger partial charge in [0.2, 0.25) is 0 Å². The van der Waals surface area contributed by atoms with Gasteiger partial charge in [0.1, 0.15) is 6.29 Å². The highest BCUT2D eigenvalue weighted by Gasteiger charge is 2.31. The van der Waals surface area contributed by atoms with Gasteiger partial charge in [-0.2, -0.15) is 0 Å². The van der Waals surface area contributed by atoms with Crippen LogP contribution in [-0.4, -0.2) is 6.29 Å². The summed E-state index contributed by atoms with van der Waals surface area (Å²) in [7, 11) is 0. The molecule has 1 aliphatic rings. The number of hydrogen-bond donors (Lipinski definition) is 0. The van der Waals surface area contributed by atoms with E-state index in [0.29, 0.717) is 5.92 Å². The van der Waals surface area contributed by atoms with Crippen LogP contribution >= 0.6 is 0 Å². The molecule has 1 aliphatic carbocycles. The van der Waals surface area contributed by atoms with E-state index in [1.54, 1.807) is 0 Å². The molecule has 0 aromatic heterocycles. The molecule has 0 saturated heterocycles. The molecular formula is C11H12O. The Morgan fingerprint density at radius 3 is 2.42 bits per heavy atom. The quantitative estimate of drug-likeness (QED) is 0.607. The van der Waals surface area contributed by atoms with Crippen molar-refractivity contribution in [2.75, 3.05) is 0 Å². The Bertz CT molecular complexity index is 266. The zero-order chi connectivity index (χ0) is 8.39. The van der Waals surface area contributed by atoms with Crippen molar-refractivity contribution in [2.24, 2.45) is 5.92 Å². The predicted octanol–water partition coefficient (Wildman–Crippen LogP) is 2.38. The average Bonchev–Trinajstić information content (AvgIpc) is 2.05. The number of rotatable bonds is 2. The molecule has 0 bridgehead atoms. The highest BCUT2D eigenvalue weighted by atomic mass is 16.1. The van der Waals surface area contributed by atoms with Gasteiger partial charge in [-0.05, 0) is 24.3 Å². The third kappa shape index (κ3) is 1.15. The SMILES string of the molecule is O=C[C@H]1CC[C@H]1c1ccccc1. The maximum Gasteiger partial charge on any atom is 0.123 e. The molecule has 0 heterocycles. The van der Waals surface area contributed by atoms with Crippen LogP contribution in [0.25, 0.3) is 0 Å². The van der Waals surface area contributed by atoms with Crippen LogP contribution in [0.5, 0.6) is 0 Å². The van der Waals surface area contributed by atoms with Crippen LogP contribution in [0, 0.1) is 5.92 Å². The summed E-state index contributed by atoms with van der Waals surface area (Å²) in [5.41, 5.74) is 1.32. The third-order valence-electron chi connectivity index (χ3n) is 2.73. The van der Waals surface area contributed by atoms with Crippen LogP contribution in [0.3, 0.4) is 0 Å². The molecule has 0 amide bonds. The van der Waals surface area contributed by atoms with Crippen molar-refractivity contribution in [1.82, 2.24) is 0 Å². The maximum atomic E-state index is 10.6. The summed E-state index contributed by atoms with van der Waals surface area (Å²) in [6.45, 7) is 0. The molecule has 62 valence electrons. The van der Waals surface area contributed by atoms with E-state index in [4.69, 9.17) is 0 Å². The first-order chi connectivity index (χ1) is 5.92. The Labute approximate surface area is 72.4 Å². The third-order valence-corrected chi connectivity index (χ3v) is 2.73. The molecule has 0 unspecified atom stereocenters. The van der Waals surface area contributed by atoms with Crippen LogP contribution in [0.4, 0.5) is 0 Å². The standard InChI is InChI=1S/C11H12O/c12-8-10-6-7-11(10)9-4-2-1-3-5-9/h1-5,8,10-11H,6-7H2/t10-,11+/m1/s1. The second kappa shape index (κ2) is 3.10. The van der Waals surface area contributed by atoms with E-state index in [9.17, 15) is 4.79 Å². The van der Waals surface area contributed by atoms with Crippen molar-refractivity contribution < 1.29 is 4.79 Å². The molecule has 2 rings (SSSR count). The lowest BCUT2D eigenvalue weighted by Crippen LogP contribution is -2.24. The van der Waals surface area contributed by atoms with Gasteiger partial charge in [0, 0.05) is 5.92 Å². The molecule has 0 N–H and O–H groups in total. The Balaban J connectivity index is 2.16. The van der Waals surface area contributed by atoms with Crippen LogP contribution in [0.2, 0.25) is 0 Å². The van der Waals surface area contributed by atoms with Gasteiger partial charge < -0.3 is 4.79 Å². The largest absolute Gasteiger partial charge is 0.303 e. The molecule has 1 saturated carbocycles. The molecule has 0 radical (unpaired) electrons. The monoisotopic (exact) mass is 160 g/mol. The molecule has 1 fully saturated rings. The molecule has 1 aromatic carbocycles. The van der Waals surface area contributed by atoms with Crippen molar-refractivity contribution in [3.8, 4) is 0 Å². The van der Waals surface area contributed by atoms with Crippen LogP contribution < -0.4 is 0 Å². The summed E-state index contributed by atoms with van der Waals surface area (Å²) in [5.74, 6) is 0.788. The van der Waals surface area contributed by atoms with E-state index in [-0.39, 0.29) is 5.92 Å². The molecule has 12 heavy (non-hydrogen) atoms. The van der Waals surface area contributed by atoms with Gasteiger partial charge in [-0.25, -0.2) is 0 Å². The lowest BCUT2D eigenvalue weighted by atomic mass is 9.71. The van der Waals surface area contributed by atoms with Gasteiger partial charge in [-0.15, -0.1) is 0 Å². The Kier molecular flexibility index (Phi) is 1.94. The smallest absolute Gasteiger partial charge is 0.123 e. The topological polar surface area (TPSA) is 17.1 Å². The summed E-state index contributed by atoms with van der Waals surface area (Å²) >= 11 is 0. The highest BCUT2D eigenvalue weighted by molar-refractivity contribution is 5.57. The van der Waals surface area contributed by atoms with Crippen molar-refractivity contribution in [3.63, 3.8) is 0 Å². The Morgan fingerprint density at radius 1 is 1.17 bits per heavy atom. The first-order valence-corrected chi connectivity index (χ1v) is 4.42.